The average molecular weight is 1290 g/mol. The Morgan fingerprint density at radius 1 is 0.622 bits per heavy atom. The van der Waals surface area contributed by atoms with Crippen LogP contribution in [0.3, 0.4) is 0 Å². The van der Waals surface area contributed by atoms with Crippen LogP contribution in [0.15, 0.2) is 34.9 Å². The zero-order valence-corrected chi connectivity index (χ0v) is 53.3. The van der Waals surface area contributed by atoms with Gasteiger partial charge in [-0.05, 0) is 107 Å². The first-order chi connectivity index (χ1) is 42.0. The van der Waals surface area contributed by atoms with Crippen LogP contribution < -0.4 is 0 Å². The topological polar surface area (TPSA) is 427 Å². The summed E-state index contributed by atoms with van der Waals surface area (Å²) in [7, 11) is 0. The van der Waals surface area contributed by atoms with Gasteiger partial charge in [0, 0.05) is 22.0 Å². The van der Waals surface area contributed by atoms with E-state index >= 15 is 0 Å². The summed E-state index contributed by atoms with van der Waals surface area (Å²) < 4.78 is 61.6. The molecule has 9 rings (SSSR count). The Labute approximate surface area is 523 Å². The van der Waals surface area contributed by atoms with E-state index in [2.05, 4.69) is 19.9 Å². The van der Waals surface area contributed by atoms with Gasteiger partial charge in [0.05, 0.1) is 49.7 Å². The van der Waals surface area contributed by atoms with Crippen molar-refractivity contribution in [2.24, 2.45) is 50.2 Å². The van der Waals surface area contributed by atoms with Crippen LogP contribution >= 0.6 is 0 Å². The van der Waals surface area contributed by atoms with Crippen LogP contribution in [0, 0.1) is 50.2 Å². The van der Waals surface area contributed by atoms with Gasteiger partial charge in [0.2, 0.25) is 0 Å². The predicted octanol–water partition coefficient (Wildman–Crippen LogP) is -0.885. The number of aliphatic hydroxyl groups is 13. The highest BCUT2D eigenvalue weighted by Crippen LogP contribution is 2.76. The molecule has 0 amide bonds. The van der Waals surface area contributed by atoms with Gasteiger partial charge in [0.15, 0.2) is 37.4 Å². The first kappa shape index (κ1) is 71.1. The highest BCUT2D eigenvalue weighted by atomic mass is 16.8. The molecule has 14 N–H and O–H groups in total. The van der Waals surface area contributed by atoms with Crippen LogP contribution in [-0.4, -0.2) is 256 Å². The van der Waals surface area contributed by atoms with Gasteiger partial charge in [-0.1, -0.05) is 72.3 Å². The number of hydrogen-bond acceptors (Lipinski definition) is 26. The van der Waals surface area contributed by atoms with E-state index in [1.54, 1.807) is 39.8 Å². The molecule has 0 aromatic carbocycles. The molecule has 5 aliphatic carbocycles. The van der Waals surface area contributed by atoms with E-state index in [1.165, 1.54) is 6.92 Å². The number of aliphatic hydroxyl groups excluding tert-OH is 13. The quantitative estimate of drug-likeness (QED) is 0.0409. The van der Waals surface area contributed by atoms with Crippen molar-refractivity contribution in [2.45, 2.75) is 269 Å². The number of ether oxygens (including phenoxy) is 10. The minimum atomic E-state index is -2.24. The van der Waals surface area contributed by atoms with Crippen molar-refractivity contribution in [1.29, 1.82) is 0 Å². The number of aliphatic carboxylic acids is 1. The summed E-state index contributed by atoms with van der Waals surface area (Å²) >= 11 is 0. The number of fused-ring (bicyclic) bond motifs is 7. The molecule has 4 unspecified atom stereocenters. The second-order valence-electron chi connectivity index (χ2n) is 28.8. The second-order valence-corrected chi connectivity index (χ2v) is 28.8. The van der Waals surface area contributed by atoms with Crippen molar-refractivity contribution in [3.8, 4) is 0 Å². The van der Waals surface area contributed by atoms with E-state index in [0.29, 0.717) is 31.3 Å². The molecule has 4 heterocycles. The summed E-state index contributed by atoms with van der Waals surface area (Å²) in [5, 5.41) is 158. The van der Waals surface area contributed by atoms with Gasteiger partial charge in [0.25, 0.3) is 0 Å². The molecule has 4 saturated carbocycles. The Hall–Kier alpha value is -3.21. The third-order valence-electron chi connectivity index (χ3n) is 23.4. The normalized spacial score (nSPS) is 50.2. The molecule has 31 atom stereocenters. The van der Waals surface area contributed by atoms with E-state index in [9.17, 15) is 85.9 Å². The lowest BCUT2D eigenvalue weighted by Gasteiger charge is -2.73. The monoisotopic (exact) mass is 1290 g/mol. The molecule has 9 aliphatic rings. The zero-order valence-electron chi connectivity index (χ0n) is 53.3. The molecule has 27 nitrogen and oxygen atoms in total. The number of carboxylic acid groups (broad SMARTS) is 1. The molecule has 27 heteroatoms. The third kappa shape index (κ3) is 11.5. The van der Waals surface area contributed by atoms with Crippen LogP contribution in [-0.2, 0) is 61.8 Å². The summed E-state index contributed by atoms with van der Waals surface area (Å²) in [4.78, 5) is 40.8. The maximum atomic E-state index is 13.9. The lowest BCUT2D eigenvalue weighted by atomic mass is 9.32. The van der Waals surface area contributed by atoms with Crippen LogP contribution in [0.5, 0.6) is 0 Å². The number of hydrogen-bond donors (Lipinski definition) is 14. The number of esters is 2. The van der Waals surface area contributed by atoms with Crippen molar-refractivity contribution in [1.82, 2.24) is 0 Å². The minimum absolute atomic E-state index is 0.199. The van der Waals surface area contributed by atoms with Crippen molar-refractivity contribution in [2.75, 3.05) is 19.8 Å². The number of rotatable bonds is 15. The smallest absolute Gasteiger partial charge is 0.335 e. The summed E-state index contributed by atoms with van der Waals surface area (Å²) in [6.45, 7) is 19.7. The molecule has 90 heavy (non-hydrogen) atoms. The van der Waals surface area contributed by atoms with Crippen molar-refractivity contribution in [3.05, 3.63) is 34.9 Å². The van der Waals surface area contributed by atoms with E-state index in [-0.39, 0.29) is 30.3 Å². The lowest BCUT2D eigenvalue weighted by Crippen LogP contribution is -2.76. The van der Waals surface area contributed by atoms with Gasteiger partial charge in [0.1, 0.15) is 85.5 Å². The summed E-state index contributed by atoms with van der Waals surface area (Å²) in [5.74, 6) is -4.24. The molecule has 8 fully saturated rings. The van der Waals surface area contributed by atoms with Crippen LogP contribution in [0.2, 0.25) is 0 Å². The fourth-order valence-corrected chi connectivity index (χ4v) is 17.6. The third-order valence-corrected chi connectivity index (χ3v) is 23.4. The molecule has 512 valence electrons. The lowest BCUT2D eigenvalue weighted by molar-refractivity contribution is -0.401. The highest BCUT2D eigenvalue weighted by molar-refractivity contribution is 5.89. The summed E-state index contributed by atoms with van der Waals surface area (Å²) in [6.07, 6.45) is -34.4. The average Bonchev–Trinajstić information content (AvgIpc) is 0.663. The Balaban J connectivity index is 1.05. The van der Waals surface area contributed by atoms with Gasteiger partial charge in [-0.3, -0.25) is 0 Å². The molecule has 0 bridgehead atoms. The molecule has 4 aliphatic heterocycles. The van der Waals surface area contributed by atoms with E-state index in [0.717, 1.165) is 5.57 Å². The van der Waals surface area contributed by atoms with Crippen molar-refractivity contribution < 1.29 is 133 Å². The van der Waals surface area contributed by atoms with E-state index in [4.69, 9.17) is 47.4 Å². The Morgan fingerprint density at radius 2 is 1.20 bits per heavy atom. The fraction of sp³-hybridized carbons (Fsp3) is 0.857. The number of carbonyl (C=O) groups excluding carboxylic acids is 2. The molecule has 4 saturated heterocycles. The zero-order chi connectivity index (χ0) is 66.6. The summed E-state index contributed by atoms with van der Waals surface area (Å²) in [6, 6.07) is 0. The standard InChI is InChI=1S/C63H98O27/c1-13-25(3)52(79)89-49-50(90-53(80)26(4)14-2)63(24-65)29(21-58(49,6)7)28-15-16-33-60(10)19-18-34(59(8,9)32(60)17-20-61(33,11)62(28,12)47(75)48(63)76)84-57-46(88-55-41(73)39(71)37(69)31(22-64)83-55)43(42(74)44(86-57)51(77)78)85-56-45(36(68)30(66)23-81-56)87-54-40(72)38(70)35(67)27(5)82-54/h13-15,27,29-50,54-57,64-76H,16-24H2,1-12H3,(H,77,78)/b25-13-,26-14+/t27?,29-,30-,31+,32-,33+,34-,35?,36-,37-,38?,39-,40?,41+,42-,43-,44-,45+,46+,47-,48+,49-,50-,54-,55-,56-,57+,60-,61+,62-,63-/m0/s1. The van der Waals surface area contributed by atoms with Crippen LogP contribution in [0.4, 0.5) is 0 Å². The summed E-state index contributed by atoms with van der Waals surface area (Å²) in [5.41, 5.74) is -4.73. The second kappa shape index (κ2) is 26.1. The Bertz CT molecular complexity index is 2700. The van der Waals surface area contributed by atoms with Crippen molar-refractivity contribution in [3.63, 3.8) is 0 Å². The largest absolute Gasteiger partial charge is 0.479 e. The number of allylic oxidation sites excluding steroid dienone is 3. The molecule has 0 radical (unpaired) electrons. The fourth-order valence-electron chi connectivity index (χ4n) is 17.6. The molecule has 0 aromatic rings. The SMILES string of the molecule is C/C=C(/C)C(=O)O[C@H]1[C@H](OC(=O)/C(C)=C/C)[C@]2(CO)[C@H](O)[C@H](O)[C@]3(C)C(=CC[C@@H]4[C@@]5(C)CC[C@H](O[C@@H]6O[C@H](C(=O)O)[C@@H](O)[C@H](O[C@@H]7OC[C@H](O)[C@H](O)[C@H]7O[C@@H]7OC(C)C(O)C(O)C7O)[C@H]6O[C@@H]6O[C@H](CO)[C@H](O)[C@H](O)[C@H]6O)C(C)(C)[C@@H]5CC[C@]43C)[C@@H]2CC1(C)C. The van der Waals surface area contributed by atoms with Gasteiger partial charge in [-0.15, -0.1) is 0 Å². The van der Waals surface area contributed by atoms with Crippen LogP contribution in [0.25, 0.3) is 0 Å². The van der Waals surface area contributed by atoms with E-state index < -0.39 is 223 Å². The van der Waals surface area contributed by atoms with Gasteiger partial charge >= 0.3 is 17.9 Å². The first-order valence-electron chi connectivity index (χ1n) is 31.5. The molecular weight excluding hydrogens is 1190 g/mol. The van der Waals surface area contributed by atoms with E-state index in [1.807, 2.05) is 34.6 Å². The maximum absolute atomic E-state index is 13.9. The first-order valence-corrected chi connectivity index (χ1v) is 31.5. The van der Waals surface area contributed by atoms with Crippen molar-refractivity contribution >= 4 is 17.9 Å². The molecular formula is C63H98O27. The minimum Gasteiger partial charge on any atom is -0.479 e. The Morgan fingerprint density at radius 3 is 1.79 bits per heavy atom. The number of carboxylic acids is 1. The number of carbonyl (C=O) groups is 3. The van der Waals surface area contributed by atoms with Gasteiger partial charge in [-0.2, -0.15) is 0 Å². The molecule has 0 spiro atoms. The van der Waals surface area contributed by atoms with Gasteiger partial charge in [-0.25, -0.2) is 14.4 Å². The van der Waals surface area contributed by atoms with Gasteiger partial charge < -0.3 is 119 Å². The Kier molecular flexibility index (Phi) is 20.6. The predicted molar refractivity (Wildman–Crippen MR) is 308 cm³/mol. The maximum Gasteiger partial charge on any atom is 0.335 e. The highest BCUT2D eigenvalue weighted by Gasteiger charge is 2.76. The molecule has 0 aromatic heterocycles. The van der Waals surface area contributed by atoms with Crippen LogP contribution in [0.1, 0.15) is 122 Å².